The van der Waals surface area contributed by atoms with Crippen molar-refractivity contribution in [2.45, 2.75) is 25.4 Å². The highest BCUT2D eigenvalue weighted by atomic mass is 16.5. The fraction of sp³-hybridized carbons (Fsp3) is 0.429. The third kappa shape index (κ3) is 4.96. The maximum absolute atomic E-state index is 11.4. The van der Waals surface area contributed by atoms with E-state index in [-0.39, 0.29) is 6.61 Å². The van der Waals surface area contributed by atoms with Crippen LogP contribution in [0.2, 0.25) is 0 Å². The number of amides is 3. The molecule has 0 atom stereocenters. The van der Waals surface area contributed by atoms with Crippen LogP contribution in [0.3, 0.4) is 0 Å². The summed E-state index contributed by atoms with van der Waals surface area (Å²) in [5, 5.41) is 5.32. The number of carbonyl (C=O) groups is 2. The zero-order valence-corrected chi connectivity index (χ0v) is 11.8. The number of rotatable bonds is 7. The van der Waals surface area contributed by atoms with Crippen molar-refractivity contribution in [3.63, 3.8) is 0 Å². The van der Waals surface area contributed by atoms with E-state index in [1.54, 1.807) is 19.2 Å². The Balaban J connectivity index is 1.98. The van der Waals surface area contributed by atoms with Gasteiger partial charge in [-0.25, -0.2) is 4.79 Å². The molecule has 21 heavy (non-hydrogen) atoms. The van der Waals surface area contributed by atoms with E-state index in [0.717, 1.165) is 11.3 Å². The smallest absolute Gasteiger partial charge is 0.318 e. The van der Waals surface area contributed by atoms with Gasteiger partial charge in [0.1, 0.15) is 11.5 Å². The summed E-state index contributed by atoms with van der Waals surface area (Å²) in [6, 6.07) is 5.01. The normalized spacial score (nSPS) is 13.6. The number of methoxy groups -OCH3 is 1. The standard InChI is InChI=1S/C14H19N3O4/c1-20-11-4-5-12(21-8-13(18)17-14(15)19)9(6-11)7-16-10-2-3-10/h4-6,10,16H,2-3,7-8H2,1H3,(H3,15,17,18,19). The summed E-state index contributed by atoms with van der Waals surface area (Å²) in [5.41, 5.74) is 5.76. The van der Waals surface area contributed by atoms with Gasteiger partial charge in [0.25, 0.3) is 5.91 Å². The number of urea groups is 1. The van der Waals surface area contributed by atoms with Gasteiger partial charge in [-0.15, -0.1) is 0 Å². The summed E-state index contributed by atoms with van der Waals surface area (Å²) in [6.45, 7) is 0.361. The summed E-state index contributed by atoms with van der Waals surface area (Å²) in [4.78, 5) is 21.9. The van der Waals surface area contributed by atoms with Crippen LogP contribution in [-0.4, -0.2) is 31.7 Å². The largest absolute Gasteiger partial charge is 0.497 e. The minimum Gasteiger partial charge on any atom is -0.497 e. The lowest BCUT2D eigenvalue weighted by Gasteiger charge is -2.13. The van der Waals surface area contributed by atoms with E-state index in [1.807, 2.05) is 11.4 Å². The first-order chi connectivity index (χ1) is 10.1. The molecule has 0 spiro atoms. The minimum absolute atomic E-state index is 0.272. The molecule has 1 fully saturated rings. The van der Waals surface area contributed by atoms with Crippen LogP contribution in [0, 0.1) is 0 Å². The highest BCUT2D eigenvalue weighted by Crippen LogP contribution is 2.26. The van der Waals surface area contributed by atoms with Gasteiger partial charge in [-0.1, -0.05) is 0 Å². The Labute approximate surface area is 122 Å². The summed E-state index contributed by atoms with van der Waals surface area (Å²) in [7, 11) is 1.59. The molecule has 0 saturated heterocycles. The van der Waals surface area contributed by atoms with Crippen LogP contribution in [0.1, 0.15) is 18.4 Å². The van der Waals surface area contributed by atoms with Crippen molar-refractivity contribution in [1.29, 1.82) is 0 Å². The van der Waals surface area contributed by atoms with Gasteiger partial charge >= 0.3 is 6.03 Å². The van der Waals surface area contributed by atoms with Crippen molar-refractivity contribution >= 4 is 11.9 Å². The van der Waals surface area contributed by atoms with Gasteiger partial charge in [0, 0.05) is 18.2 Å². The fourth-order valence-corrected chi connectivity index (χ4v) is 1.82. The van der Waals surface area contributed by atoms with Crippen molar-refractivity contribution in [1.82, 2.24) is 10.6 Å². The third-order valence-corrected chi connectivity index (χ3v) is 3.05. The first-order valence-electron chi connectivity index (χ1n) is 6.71. The van der Waals surface area contributed by atoms with Gasteiger partial charge in [-0.2, -0.15) is 0 Å². The minimum atomic E-state index is -0.894. The molecule has 3 amide bonds. The third-order valence-electron chi connectivity index (χ3n) is 3.05. The molecule has 1 saturated carbocycles. The van der Waals surface area contributed by atoms with Crippen LogP contribution >= 0.6 is 0 Å². The Morgan fingerprint density at radius 1 is 1.38 bits per heavy atom. The van der Waals surface area contributed by atoms with Crippen molar-refractivity contribution in [3.8, 4) is 11.5 Å². The number of nitrogens with two attached hydrogens (primary N) is 1. The number of imide groups is 1. The molecule has 0 aliphatic heterocycles. The lowest BCUT2D eigenvalue weighted by molar-refractivity contribution is -0.121. The Bertz CT molecular complexity index is 529. The molecule has 1 aliphatic rings. The number of ether oxygens (including phenoxy) is 2. The molecule has 0 unspecified atom stereocenters. The van der Waals surface area contributed by atoms with Crippen LogP contribution in [-0.2, 0) is 11.3 Å². The molecular formula is C14H19N3O4. The van der Waals surface area contributed by atoms with Gasteiger partial charge in [0.05, 0.1) is 7.11 Å². The number of nitrogens with one attached hydrogen (secondary N) is 2. The molecule has 114 valence electrons. The number of carbonyl (C=O) groups excluding carboxylic acids is 2. The van der Waals surface area contributed by atoms with Gasteiger partial charge in [0.15, 0.2) is 6.61 Å². The monoisotopic (exact) mass is 293 g/mol. The Morgan fingerprint density at radius 3 is 2.76 bits per heavy atom. The molecule has 7 heteroatoms. The number of benzene rings is 1. The number of primary amides is 1. The van der Waals surface area contributed by atoms with Crippen LogP contribution in [0.4, 0.5) is 4.79 Å². The Kier molecular flexibility index (Phi) is 4.99. The van der Waals surface area contributed by atoms with Crippen molar-refractivity contribution < 1.29 is 19.1 Å². The lowest BCUT2D eigenvalue weighted by atomic mass is 10.2. The highest BCUT2D eigenvalue weighted by Gasteiger charge is 2.21. The molecule has 0 heterocycles. The molecule has 0 radical (unpaired) electrons. The van der Waals surface area contributed by atoms with Crippen LogP contribution in [0.25, 0.3) is 0 Å². The Hall–Kier alpha value is -2.28. The average molecular weight is 293 g/mol. The van der Waals surface area contributed by atoms with E-state index in [4.69, 9.17) is 15.2 Å². The first-order valence-corrected chi connectivity index (χ1v) is 6.71. The van der Waals surface area contributed by atoms with Crippen molar-refractivity contribution in [3.05, 3.63) is 23.8 Å². The van der Waals surface area contributed by atoms with Gasteiger partial charge in [-0.05, 0) is 31.0 Å². The fourth-order valence-electron chi connectivity index (χ4n) is 1.82. The summed E-state index contributed by atoms with van der Waals surface area (Å²) < 4.78 is 10.6. The van der Waals surface area contributed by atoms with Gasteiger partial charge in [0.2, 0.25) is 0 Å². The Morgan fingerprint density at radius 2 is 2.14 bits per heavy atom. The quantitative estimate of drug-likeness (QED) is 0.680. The molecule has 1 aromatic rings. The molecule has 0 aromatic heterocycles. The second-order valence-electron chi connectivity index (χ2n) is 4.83. The topological polar surface area (TPSA) is 103 Å². The molecule has 2 rings (SSSR count). The molecule has 0 bridgehead atoms. The average Bonchev–Trinajstić information content (AvgIpc) is 3.26. The second-order valence-corrected chi connectivity index (χ2v) is 4.83. The molecular weight excluding hydrogens is 274 g/mol. The zero-order valence-electron chi connectivity index (χ0n) is 11.8. The van der Waals surface area contributed by atoms with Crippen LogP contribution in [0.5, 0.6) is 11.5 Å². The van der Waals surface area contributed by atoms with Crippen LogP contribution in [0.15, 0.2) is 18.2 Å². The second kappa shape index (κ2) is 6.94. The van der Waals surface area contributed by atoms with Crippen molar-refractivity contribution in [2.24, 2.45) is 5.73 Å². The maximum Gasteiger partial charge on any atom is 0.318 e. The van der Waals surface area contributed by atoms with E-state index < -0.39 is 11.9 Å². The van der Waals surface area contributed by atoms with E-state index in [0.29, 0.717) is 18.3 Å². The molecule has 4 N–H and O–H groups in total. The predicted molar refractivity (Wildman–Crippen MR) is 76.1 cm³/mol. The van der Waals surface area contributed by atoms with E-state index in [9.17, 15) is 9.59 Å². The molecule has 1 aliphatic carbocycles. The lowest BCUT2D eigenvalue weighted by Crippen LogP contribution is -2.38. The summed E-state index contributed by atoms with van der Waals surface area (Å²) in [5.74, 6) is 0.708. The van der Waals surface area contributed by atoms with E-state index in [1.165, 1.54) is 12.8 Å². The van der Waals surface area contributed by atoms with E-state index in [2.05, 4.69) is 5.32 Å². The van der Waals surface area contributed by atoms with Crippen LogP contribution < -0.4 is 25.8 Å². The van der Waals surface area contributed by atoms with Crippen molar-refractivity contribution in [2.75, 3.05) is 13.7 Å². The SMILES string of the molecule is COc1ccc(OCC(=O)NC(N)=O)c(CNC2CC2)c1. The first kappa shape index (κ1) is 15.1. The summed E-state index contributed by atoms with van der Waals surface area (Å²) >= 11 is 0. The molecule has 1 aromatic carbocycles. The van der Waals surface area contributed by atoms with Gasteiger partial charge in [-0.3, -0.25) is 10.1 Å². The predicted octanol–water partition coefficient (Wildman–Crippen LogP) is 0.521. The van der Waals surface area contributed by atoms with Gasteiger partial charge < -0.3 is 20.5 Å². The maximum atomic E-state index is 11.4. The summed E-state index contributed by atoms with van der Waals surface area (Å²) in [6.07, 6.45) is 2.36. The number of hydrogen-bond acceptors (Lipinski definition) is 5. The molecule has 7 nitrogen and oxygen atoms in total. The number of hydrogen-bond donors (Lipinski definition) is 3. The highest BCUT2D eigenvalue weighted by molar-refractivity contribution is 5.94. The van der Waals surface area contributed by atoms with E-state index >= 15 is 0 Å². The zero-order chi connectivity index (χ0) is 15.2.